The second kappa shape index (κ2) is 6.77. The summed E-state index contributed by atoms with van der Waals surface area (Å²) < 4.78 is 0. The normalized spacial score (nSPS) is 25.5. The third-order valence-corrected chi connectivity index (χ3v) is 5.40. The quantitative estimate of drug-likeness (QED) is 0.927. The summed E-state index contributed by atoms with van der Waals surface area (Å²) in [6.45, 7) is 3.00. The Bertz CT molecular complexity index is 557. The van der Waals surface area contributed by atoms with Crippen molar-refractivity contribution in [1.82, 2.24) is 10.3 Å². The van der Waals surface area contributed by atoms with E-state index in [0.29, 0.717) is 24.8 Å². The molecule has 2 amide bonds. The maximum atomic E-state index is 12.2. The number of thiazole rings is 1. The van der Waals surface area contributed by atoms with E-state index in [1.807, 2.05) is 5.38 Å². The van der Waals surface area contributed by atoms with E-state index >= 15 is 0 Å². The summed E-state index contributed by atoms with van der Waals surface area (Å²) in [5.74, 6) is 0.886. The zero-order chi connectivity index (χ0) is 15.5. The second-order valence-electron chi connectivity index (χ2n) is 6.48. The fourth-order valence-corrected chi connectivity index (χ4v) is 4.23. The molecule has 1 aliphatic carbocycles. The van der Waals surface area contributed by atoms with Crippen LogP contribution in [0.25, 0.3) is 0 Å². The van der Waals surface area contributed by atoms with E-state index in [0.717, 1.165) is 36.6 Å². The van der Waals surface area contributed by atoms with Gasteiger partial charge in [0.1, 0.15) is 0 Å². The average Bonchev–Trinajstić information content (AvgIpc) is 3.07. The maximum Gasteiger partial charge on any atom is 0.228 e. The van der Waals surface area contributed by atoms with Crippen molar-refractivity contribution >= 4 is 28.3 Å². The van der Waals surface area contributed by atoms with Crippen LogP contribution in [0.2, 0.25) is 0 Å². The summed E-state index contributed by atoms with van der Waals surface area (Å²) in [6.07, 6.45) is 6.44. The van der Waals surface area contributed by atoms with Crippen molar-refractivity contribution in [2.75, 3.05) is 11.4 Å². The number of hydrogen-bond donors (Lipinski definition) is 1. The molecule has 5 nitrogen and oxygen atoms in total. The lowest BCUT2D eigenvalue weighted by molar-refractivity contribution is -0.121. The van der Waals surface area contributed by atoms with E-state index in [1.54, 1.807) is 4.90 Å². The van der Waals surface area contributed by atoms with Crippen molar-refractivity contribution in [2.45, 2.75) is 57.9 Å². The number of rotatable bonds is 4. The van der Waals surface area contributed by atoms with Gasteiger partial charge in [0.15, 0.2) is 5.13 Å². The number of carbonyl (C=O) groups is 2. The van der Waals surface area contributed by atoms with Crippen molar-refractivity contribution in [1.29, 1.82) is 0 Å². The summed E-state index contributed by atoms with van der Waals surface area (Å²) in [4.78, 5) is 30.1. The lowest BCUT2D eigenvalue weighted by Crippen LogP contribution is -2.38. The molecule has 0 radical (unpaired) electrons. The third kappa shape index (κ3) is 3.66. The zero-order valence-electron chi connectivity index (χ0n) is 13.0. The molecule has 2 heterocycles. The smallest absolute Gasteiger partial charge is 0.228 e. The lowest BCUT2D eigenvalue weighted by Gasteiger charge is -2.27. The Labute approximate surface area is 135 Å². The van der Waals surface area contributed by atoms with Gasteiger partial charge in [-0.05, 0) is 25.2 Å². The van der Waals surface area contributed by atoms with Gasteiger partial charge in [0.05, 0.1) is 12.1 Å². The van der Waals surface area contributed by atoms with Gasteiger partial charge in [-0.15, -0.1) is 11.3 Å². The topological polar surface area (TPSA) is 62.3 Å². The van der Waals surface area contributed by atoms with Crippen molar-refractivity contribution in [3.63, 3.8) is 0 Å². The van der Waals surface area contributed by atoms with E-state index in [4.69, 9.17) is 0 Å². The SMILES string of the molecule is C[C@H]1CCC[C@H](NC(=O)Cc2csc(N3CCCC3=O)n2)C1. The van der Waals surface area contributed by atoms with Gasteiger partial charge in [-0.1, -0.05) is 19.8 Å². The first kappa shape index (κ1) is 15.5. The standard InChI is InChI=1S/C16H23N3O2S/c1-11-4-2-5-12(8-11)17-14(20)9-13-10-22-16(18-13)19-7-3-6-15(19)21/h10-12H,2-9H2,1H3,(H,17,20)/t11-,12-/m0/s1. The highest BCUT2D eigenvalue weighted by molar-refractivity contribution is 7.14. The minimum atomic E-state index is 0.0451. The van der Waals surface area contributed by atoms with Gasteiger partial charge in [-0.3, -0.25) is 14.5 Å². The van der Waals surface area contributed by atoms with Gasteiger partial charge < -0.3 is 5.32 Å². The van der Waals surface area contributed by atoms with Crippen molar-refractivity contribution in [2.24, 2.45) is 5.92 Å². The van der Waals surface area contributed by atoms with Crippen LogP contribution in [0.1, 0.15) is 51.1 Å². The molecule has 1 aromatic heterocycles. The van der Waals surface area contributed by atoms with Crippen molar-refractivity contribution < 1.29 is 9.59 Å². The van der Waals surface area contributed by atoms with Gasteiger partial charge in [-0.25, -0.2) is 4.98 Å². The highest BCUT2D eigenvalue weighted by atomic mass is 32.1. The van der Waals surface area contributed by atoms with Crippen LogP contribution < -0.4 is 10.2 Å². The molecular formula is C16H23N3O2S. The second-order valence-corrected chi connectivity index (χ2v) is 7.32. The van der Waals surface area contributed by atoms with E-state index < -0.39 is 0 Å². The average molecular weight is 321 g/mol. The molecule has 0 aromatic carbocycles. The number of carbonyl (C=O) groups excluding carboxylic acids is 2. The molecule has 3 rings (SSSR count). The van der Waals surface area contributed by atoms with Gasteiger partial charge in [0, 0.05) is 24.4 Å². The number of anilines is 1. The molecule has 2 atom stereocenters. The number of aromatic nitrogens is 1. The van der Waals surface area contributed by atoms with Gasteiger partial charge >= 0.3 is 0 Å². The minimum Gasteiger partial charge on any atom is -0.353 e. The van der Waals surface area contributed by atoms with Crippen LogP contribution in [0.5, 0.6) is 0 Å². The highest BCUT2D eigenvalue weighted by Gasteiger charge is 2.25. The van der Waals surface area contributed by atoms with E-state index in [2.05, 4.69) is 17.2 Å². The maximum absolute atomic E-state index is 12.2. The first-order chi connectivity index (χ1) is 10.6. The molecule has 6 heteroatoms. The number of nitrogens with zero attached hydrogens (tertiary/aromatic N) is 2. The van der Waals surface area contributed by atoms with Gasteiger partial charge in [0.25, 0.3) is 0 Å². The Morgan fingerprint density at radius 3 is 3.05 bits per heavy atom. The van der Waals surface area contributed by atoms with Crippen LogP contribution in [-0.4, -0.2) is 29.4 Å². The van der Waals surface area contributed by atoms with E-state index in [-0.39, 0.29) is 11.8 Å². The molecular weight excluding hydrogens is 298 g/mol. The molecule has 1 aromatic rings. The van der Waals surface area contributed by atoms with E-state index in [1.165, 1.54) is 24.2 Å². The van der Waals surface area contributed by atoms with Crippen LogP contribution >= 0.6 is 11.3 Å². The van der Waals surface area contributed by atoms with Crippen LogP contribution in [0.3, 0.4) is 0 Å². The minimum absolute atomic E-state index is 0.0451. The van der Waals surface area contributed by atoms with Crippen LogP contribution in [0.15, 0.2) is 5.38 Å². The lowest BCUT2D eigenvalue weighted by atomic mass is 9.87. The predicted molar refractivity (Wildman–Crippen MR) is 87.0 cm³/mol. The zero-order valence-corrected chi connectivity index (χ0v) is 13.8. The third-order valence-electron chi connectivity index (χ3n) is 4.49. The molecule has 1 aliphatic heterocycles. The number of hydrogen-bond acceptors (Lipinski definition) is 4. The molecule has 1 N–H and O–H groups in total. The summed E-state index contributed by atoms with van der Waals surface area (Å²) >= 11 is 1.45. The van der Waals surface area contributed by atoms with Gasteiger partial charge in [-0.2, -0.15) is 0 Å². The largest absolute Gasteiger partial charge is 0.353 e. The molecule has 0 unspecified atom stereocenters. The number of amides is 2. The highest BCUT2D eigenvalue weighted by Crippen LogP contribution is 2.26. The Balaban J connectivity index is 1.53. The fourth-order valence-electron chi connectivity index (χ4n) is 3.36. The van der Waals surface area contributed by atoms with Gasteiger partial charge in [0.2, 0.25) is 11.8 Å². The van der Waals surface area contributed by atoms with Crippen LogP contribution in [0.4, 0.5) is 5.13 Å². The Hall–Kier alpha value is -1.43. The first-order valence-corrected chi connectivity index (χ1v) is 9.04. The molecule has 0 bridgehead atoms. The van der Waals surface area contributed by atoms with Crippen LogP contribution in [-0.2, 0) is 16.0 Å². The number of nitrogens with one attached hydrogen (secondary N) is 1. The predicted octanol–water partition coefficient (Wildman–Crippen LogP) is 2.51. The molecule has 2 aliphatic rings. The first-order valence-electron chi connectivity index (χ1n) is 8.16. The monoisotopic (exact) mass is 321 g/mol. The molecule has 1 saturated heterocycles. The van der Waals surface area contributed by atoms with Crippen molar-refractivity contribution in [3.05, 3.63) is 11.1 Å². The van der Waals surface area contributed by atoms with Crippen molar-refractivity contribution in [3.8, 4) is 0 Å². The molecule has 2 fully saturated rings. The summed E-state index contributed by atoms with van der Waals surface area (Å²) in [5, 5.41) is 5.76. The Morgan fingerprint density at radius 2 is 2.32 bits per heavy atom. The summed E-state index contributed by atoms with van der Waals surface area (Å²) in [7, 11) is 0. The molecule has 0 spiro atoms. The van der Waals surface area contributed by atoms with E-state index in [9.17, 15) is 9.59 Å². The summed E-state index contributed by atoms with van der Waals surface area (Å²) in [6, 6.07) is 0.314. The Morgan fingerprint density at radius 1 is 1.45 bits per heavy atom. The molecule has 22 heavy (non-hydrogen) atoms. The Kier molecular flexibility index (Phi) is 4.76. The molecule has 1 saturated carbocycles. The molecule has 120 valence electrons. The summed E-state index contributed by atoms with van der Waals surface area (Å²) in [5.41, 5.74) is 0.765. The van der Waals surface area contributed by atoms with Crippen LogP contribution in [0, 0.1) is 5.92 Å². The fraction of sp³-hybridized carbons (Fsp3) is 0.688.